The average molecular weight is 247 g/mol. The number of nitrogens with one attached hydrogen (secondary N) is 1. The maximum absolute atomic E-state index is 13.3. The van der Waals surface area contributed by atoms with Crippen LogP contribution in [0.4, 0.5) is 4.39 Å². The molecule has 96 valence electrons. The molecule has 0 aliphatic rings. The Balaban J connectivity index is 2.37. The van der Waals surface area contributed by atoms with Gasteiger partial charge in [-0.15, -0.1) is 0 Å². The van der Waals surface area contributed by atoms with E-state index in [1.165, 1.54) is 6.07 Å². The van der Waals surface area contributed by atoms with Gasteiger partial charge in [0.15, 0.2) is 0 Å². The zero-order valence-electron chi connectivity index (χ0n) is 10.9. The van der Waals surface area contributed by atoms with Crippen LogP contribution in [0.3, 0.4) is 0 Å². The van der Waals surface area contributed by atoms with Gasteiger partial charge in [0.25, 0.3) is 0 Å². The smallest absolute Gasteiger partial charge is 0.126 e. The fraction of sp³-hybridized carbons (Fsp3) is 0.357. The molecule has 1 heterocycles. The van der Waals surface area contributed by atoms with Crippen LogP contribution in [0.5, 0.6) is 0 Å². The second kappa shape index (κ2) is 5.31. The van der Waals surface area contributed by atoms with Crippen LogP contribution in [0, 0.1) is 12.7 Å². The molecule has 0 fully saturated rings. The second-order valence-electron chi connectivity index (χ2n) is 4.46. The molecule has 1 N–H and O–H groups in total. The second-order valence-corrected chi connectivity index (χ2v) is 4.46. The standard InChI is InChI=1S/C14H18FN3/c1-4-16-14(13-8-18(3)9-17-13)11-5-6-12(15)10(2)7-11/h5-9,14,16H,4H2,1-3H3. The largest absolute Gasteiger partial charge is 0.340 e. The van der Waals surface area contributed by atoms with Crippen molar-refractivity contribution < 1.29 is 4.39 Å². The molecule has 0 amide bonds. The summed E-state index contributed by atoms with van der Waals surface area (Å²) in [6.45, 7) is 4.66. The van der Waals surface area contributed by atoms with Crippen LogP contribution < -0.4 is 5.32 Å². The third kappa shape index (κ3) is 2.59. The third-order valence-corrected chi connectivity index (χ3v) is 2.94. The molecule has 0 aliphatic carbocycles. The van der Waals surface area contributed by atoms with E-state index in [1.54, 1.807) is 13.3 Å². The fourth-order valence-electron chi connectivity index (χ4n) is 2.03. The number of hydrogen-bond donors (Lipinski definition) is 1. The third-order valence-electron chi connectivity index (χ3n) is 2.94. The van der Waals surface area contributed by atoms with Gasteiger partial charge in [-0.1, -0.05) is 19.1 Å². The predicted octanol–water partition coefficient (Wildman–Crippen LogP) is 2.57. The average Bonchev–Trinajstić information content (AvgIpc) is 2.76. The molecule has 2 aromatic rings. The first-order valence-electron chi connectivity index (χ1n) is 6.09. The first-order chi connectivity index (χ1) is 8.61. The van der Waals surface area contributed by atoms with Crippen molar-refractivity contribution in [2.45, 2.75) is 19.9 Å². The maximum atomic E-state index is 13.3. The summed E-state index contributed by atoms with van der Waals surface area (Å²) in [4.78, 5) is 4.37. The summed E-state index contributed by atoms with van der Waals surface area (Å²) in [5, 5.41) is 3.38. The van der Waals surface area contributed by atoms with Crippen LogP contribution in [0.25, 0.3) is 0 Å². The summed E-state index contributed by atoms with van der Waals surface area (Å²) in [6, 6.07) is 5.20. The van der Waals surface area contributed by atoms with E-state index >= 15 is 0 Å². The van der Waals surface area contributed by atoms with Gasteiger partial charge in [0.2, 0.25) is 0 Å². The zero-order valence-corrected chi connectivity index (χ0v) is 10.9. The van der Waals surface area contributed by atoms with Crippen molar-refractivity contribution in [3.63, 3.8) is 0 Å². The maximum Gasteiger partial charge on any atom is 0.126 e. The van der Waals surface area contributed by atoms with Gasteiger partial charge in [-0.05, 0) is 30.7 Å². The number of aromatic nitrogens is 2. The Kier molecular flexibility index (Phi) is 3.77. The number of halogens is 1. The van der Waals surface area contributed by atoms with Gasteiger partial charge >= 0.3 is 0 Å². The first-order valence-corrected chi connectivity index (χ1v) is 6.09. The Bertz CT molecular complexity index is 534. The molecule has 0 aliphatic heterocycles. The van der Waals surface area contributed by atoms with E-state index in [4.69, 9.17) is 0 Å². The quantitative estimate of drug-likeness (QED) is 0.900. The molecule has 3 nitrogen and oxygen atoms in total. The van der Waals surface area contributed by atoms with Crippen molar-refractivity contribution in [3.8, 4) is 0 Å². The summed E-state index contributed by atoms with van der Waals surface area (Å²) >= 11 is 0. The van der Waals surface area contributed by atoms with Gasteiger partial charge in [0.05, 0.1) is 18.1 Å². The van der Waals surface area contributed by atoms with Crippen LogP contribution in [0.15, 0.2) is 30.7 Å². The highest BCUT2D eigenvalue weighted by Crippen LogP contribution is 2.22. The van der Waals surface area contributed by atoms with Crippen LogP contribution in [0.2, 0.25) is 0 Å². The van der Waals surface area contributed by atoms with Crippen molar-refractivity contribution in [1.82, 2.24) is 14.9 Å². The summed E-state index contributed by atoms with van der Waals surface area (Å²) in [7, 11) is 1.94. The Labute approximate surface area is 107 Å². The first kappa shape index (κ1) is 12.8. The highest BCUT2D eigenvalue weighted by Gasteiger charge is 2.16. The minimum Gasteiger partial charge on any atom is -0.340 e. The van der Waals surface area contributed by atoms with Gasteiger partial charge in [-0.3, -0.25) is 0 Å². The number of hydrogen-bond acceptors (Lipinski definition) is 2. The van der Waals surface area contributed by atoms with E-state index in [0.29, 0.717) is 5.56 Å². The van der Waals surface area contributed by atoms with Crippen LogP contribution in [-0.4, -0.2) is 16.1 Å². The van der Waals surface area contributed by atoms with Crippen molar-refractivity contribution in [1.29, 1.82) is 0 Å². The highest BCUT2D eigenvalue weighted by molar-refractivity contribution is 5.31. The number of benzene rings is 1. The molecule has 1 aromatic heterocycles. The van der Waals surface area contributed by atoms with Crippen LogP contribution >= 0.6 is 0 Å². The van der Waals surface area contributed by atoms with Crippen LogP contribution in [0.1, 0.15) is 29.8 Å². The summed E-state index contributed by atoms with van der Waals surface area (Å²) < 4.78 is 15.2. The molecule has 0 radical (unpaired) electrons. The van der Waals surface area contributed by atoms with E-state index in [0.717, 1.165) is 17.8 Å². The molecular weight excluding hydrogens is 229 g/mol. The SMILES string of the molecule is CCNC(c1ccc(F)c(C)c1)c1cn(C)cn1. The number of aryl methyl sites for hydroxylation is 2. The summed E-state index contributed by atoms with van der Waals surface area (Å²) in [5.74, 6) is -0.171. The van der Waals surface area contributed by atoms with E-state index in [-0.39, 0.29) is 11.9 Å². The Hall–Kier alpha value is -1.68. The summed E-state index contributed by atoms with van der Waals surface area (Å²) in [6.07, 6.45) is 3.75. The molecule has 0 bridgehead atoms. The fourth-order valence-corrected chi connectivity index (χ4v) is 2.03. The van der Waals surface area contributed by atoms with Gasteiger partial charge in [-0.25, -0.2) is 9.37 Å². The van der Waals surface area contributed by atoms with E-state index in [2.05, 4.69) is 10.3 Å². The van der Waals surface area contributed by atoms with Crippen molar-refractivity contribution in [3.05, 3.63) is 53.4 Å². The normalized spacial score (nSPS) is 12.7. The Morgan fingerprint density at radius 2 is 2.22 bits per heavy atom. The molecule has 1 atom stereocenters. The lowest BCUT2D eigenvalue weighted by Gasteiger charge is -2.17. The van der Waals surface area contributed by atoms with Gasteiger partial charge in [0, 0.05) is 13.2 Å². The lowest BCUT2D eigenvalue weighted by molar-refractivity contribution is 0.601. The lowest BCUT2D eigenvalue weighted by Crippen LogP contribution is -2.22. The van der Waals surface area contributed by atoms with Gasteiger partial charge in [-0.2, -0.15) is 0 Å². The molecule has 18 heavy (non-hydrogen) atoms. The molecule has 1 aromatic carbocycles. The minimum absolute atomic E-state index is 0.00972. The van der Waals surface area contributed by atoms with Gasteiger partial charge in [0.1, 0.15) is 5.82 Å². The molecule has 0 saturated heterocycles. The Morgan fingerprint density at radius 1 is 1.44 bits per heavy atom. The van der Waals surface area contributed by atoms with Crippen LogP contribution in [-0.2, 0) is 7.05 Å². The Morgan fingerprint density at radius 3 is 2.78 bits per heavy atom. The zero-order chi connectivity index (χ0) is 13.1. The van der Waals surface area contributed by atoms with E-state index in [1.807, 2.05) is 36.9 Å². The van der Waals surface area contributed by atoms with E-state index < -0.39 is 0 Å². The topological polar surface area (TPSA) is 29.9 Å². The van der Waals surface area contributed by atoms with Crippen molar-refractivity contribution >= 4 is 0 Å². The lowest BCUT2D eigenvalue weighted by atomic mass is 10.0. The summed E-state index contributed by atoms with van der Waals surface area (Å²) in [5.41, 5.74) is 2.64. The monoisotopic (exact) mass is 247 g/mol. The predicted molar refractivity (Wildman–Crippen MR) is 69.9 cm³/mol. The molecule has 4 heteroatoms. The number of imidazole rings is 1. The molecule has 1 unspecified atom stereocenters. The van der Waals surface area contributed by atoms with Crippen molar-refractivity contribution in [2.75, 3.05) is 6.54 Å². The molecule has 0 spiro atoms. The highest BCUT2D eigenvalue weighted by atomic mass is 19.1. The van der Waals surface area contributed by atoms with E-state index in [9.17, 15) is 4.39 Å². The number of nitrogens with zero attached hydrogens (tertiary/aromatic N) is 2. The molecule has 2 rings (SSSR count). The molecule has 0 saturated carbocycles. The molecular formula is C14H18FN3. The minimum atomic E-state index is -0.171. The number of rotatable bonds is 4. The van der Waals surface area contributed by atoms with Crippen molar-refractivity contribution in [2.24, 2.45) is 7.05 Å². The van der Waals surface area contributed by atoms with Gasteiger partial charge < -0.3 is 9.88 Å².